The van der Waals surface area contributed by atoms with Gasteiger partial charge < -0.3 is 10.1 Å². The summed E-state index contributed by atoms with van der Waals surface area (Å²) in [4.78, 5) is 0. The maximum atomic E-state index is 5.48. The van der Waals surface area contributed by atoms with E-state index in [1.165, 1.54) is 0 Å². The van der Waals surface area contributed by atoms with Gasteiger partial charge in [-0.2, -0.15) is 0 Å². The van der Waals surface area contributed by atoms with Gasteiger partial charge in [0.2, 0.25) is 5.13 Å². The van der Waals surface area contributed by atoms with E-state index in [4.69, 9.17) is 4.74 Å². The van der Waals surface area contributed by atoms with Crippen molar-refractivity contribution in [1.82, 2.24) is 10.2 Å². The van der Waals surface area contributed by atoms with Gasteiger partial charge in [0.05, 0.1) is 0 Å². The largest absolute Gasteiger partial charge is 0.371 e. The highest BCUT2D eigenvalue weighted by molar-refractivity contribution is 7.15. The molecule has 1 atom stereocenters. The van der Waals surface area contributed by atoms with Gasteiger partial charge in [-0.25, -0.2) is 0 Å². The quantitative estimate of drug-likeness (QED) is 0.757. The lowest BCUT2D eigenvalue weighted by Crippen LogP contribution is -1.93. The molecule has 66 valence electrons. The number of ether oxygens (including phenoxy) is 1. The molecule has 1 aromatic heterocycles. The summed E-state index contributed by atoms with van der Waals surface area (Å²) in [6.07, 6.45) is 2.42. The molecular formula is C7H11N3OS. The maximum absolute atomic E-state index is 5.48. The first kappa shape index (κ1) is 7.94. The summed E-state index contributed by atoms with van der Waals surface area (Å²) >= 11 is 1.57. The first-order valence-corrected chi connectivity index (χ1v) is 4.84. The molecule has 1 fully saturated rings. The summed E-state index contributed by atoms with van der Waals surface area (Å²) in [5.41, 5.74) is 0. The Kier molecular flexibility index (Phi) is 2.23. The van der Waals surface area contributed by atoms with Crippen LogP contribution >= 0.6 is 11.3 Å². The Morgan fingerprint density at radius 3 is 3.08 bits per heavy atom. The molecule has 0 radical (unpaired) electrons. The summed E-state index contributed by atoms with van der Waals surface area (Å²) in [5.74, 6) is 0. The predicted molar refractivity (Wildman–Crippen MR) is 47.4 cm³/mol. The molecule has 0 saturated carbocycles. The van der Waals surface area contributed by atoms with Crippen LogP contribution in [-0.4, -0.2) is 23.9 Å². The van der Waals surface area contributed by atoms with Gasteiger partial charge in [-0.3, -0.25) is 0 Å². The van der Waals surface area contributed by atoms with Crippen LogP contribution in [0.3, 0.4) is 0 Å². The molecule has 2 rings (SSSR count). The smallest absolute Gasteiger partial charge is 0.205 e. The van der Waals surface area contributed by atoms with E-state index in [9.17, 15) is 0 Å². The second-order valence-corrected chi connectivity index (χ2v) is 3.71. The van der Waals surface area contributed by atoms with Crippen molar-refractivity contribution in [2.45, 2.75) is 18.9 Å². The maximum Gasteiger partial charge on any atom is 0.205 e. The molecule has 0 spiro atoms. The Bertz CT molecular complexity index is 257. The van der Waals surface area contributed by atoms with Crippen molar-refractivity contribution in [3.05, 3.63) is 5.01 Å². The third-order valence-corrected chi connectivity index (χ3v) is 2.89. The van der Waals surface area contributed by atoms with Crippen LogP contribution < -0.4 is 5.32 Å². The summed E-state index contributed by atoms with van der Waals surface area (Å²) in [7, 11) is 1.85. The Balaban J connectivity index is 2.11. The molecule has 0 amide bonds. The molecule has 12 heavy (non-hydrogen) atoms. The first-order valence-electron chi connectivity index (χ1n) is 4.03. The third kappa shape index (κ3) is 1.42. The van der Waals surface area contributed by atoms with E-state index in [0.29, 0.717) is 0 Å². The Labute approximate surface area is 75.0 Å². The fraction of sp³-hybridized carbons (Fsp3) is 0.714. The number of rotatable bonds is 2. The van der Waals surface area contributed by atoms with Crippen molar-refractivity contribution in [3.8, 4) is 0 Å². The average molecular weight is 185 g/mol. The molecule has 0 aromatic carbocycles. The molecule has 1 aliphatic rings. The number of nitrogens with one attached hydrogen (secondary N) is 1. The molecule has 2 heterocycles. The first-order chi connectivity index (χ1) is 5.90. The summed E-state index contributed by atoms with van der Waals surface area (Å²) in [5, 5.41) is 12.8. The lowest BCUT2D eigenvalue weighted by Gasteiger charge is -2.01. The van der Waals surface area contributed by atoms with Crippen LogP contribution in [0.15, 0.2) is 0 Å². The predicted octanol–water partition coefficient (Wildman–Crippen LogP) is 1.43. The van der Waals surface area contributed by atoms with Gasteiger partial charge in [-0.1, -0.05) is 11.3 Å². The number of aromatic nitrogens is 2. The second kappa shape index (κ2) is 3.37. The molecule has 1 aliphatic heterocycles. The van der Waals surface area contributed by atoms with Crippen LogP contribution in [0.2, 0.25) is 0 Å². The van der Waals surface area contributed by atoms with Crippen LogP contribution in [0.25, 0.3) is 0 Å². The second-order valence-electron chi connectivity index (χ2n) is 2.70. The zero-order chi connectivity index (χ0) is 8.39. The molecule has 1 saturated heterocycles. The van der Waals surface area contributed by atoms with Crippen molar-refractivity contribution in [2.75, 3.05) is 19.0 Å². The van der Waals surface area contributed by atoms with Crippen molar-refractivity contribution in [1.29, 1.82) is 0 Å². The molecule has 1 unspecified atom stereocenters. The van der Waals surface area contributed by atoms with E-state index in [0.717, 1.165) is 29.6 Å². The van der Waals surface area contributed by atoms with Gasteiger partial charge in [0.15, 0.2) is 0 Å². The number of anilines is 1. The fourth-order valence-electron chi connectivity index (χ4n) is 1.24. The lowest BCUT2D eigenvalue weighted by molar-refractivity contribution is 0.111. The van der Waals surface area contributed by atoms with Crippen molar-refractivity contribution in [2.24, 2.45) is 0 Å². The minimum Gasteiger partial charge on any atom is -0.371 e. The highest BCUT2D eigenvalue weighted by Crippen LogP contribution is 2.31. The van der Waals surface area contributed by atoms with Gasteiger partial charge in [-0.15, -0.1) is 10.2 Å². The lowest BCUT2D eigenvalue weighted by atomic mass is 10.2. The summed E-state index contributed by atoms with van der Waals surface area (Å²) in [6.45, 7) is 0.860. The van der Waals surface area contributed by atoms with E-state index in [1.54, 1.807) is 11.3 Å². The van der Waals surface area contributed by atoms with Crippen LogP contribution in [0.1, 0.15) is 24.0 Å². The van der Waals surface area contributed by atoms with Gasteiger partial charge in [-0.05, 0) is 12.8 Å². The van der Waals surface area contributed by atoms with Crippen LogP contribution in [0.5, 0.6) is 0 Å². The van der Waals surface area contributed by atoms with E-state index in [2.05, 4.69) is 15.5 Å². The van der Waals surface area contributed by atoms with Crippen LogP contribution in [0.4, 0.5) is 5.13 Å². The number of hydrogen-bond donors (Lipinski definition) is 1. The molecule has 0 aliphatic carbocycles. The topological polar surface area (TPSA) is 47.0 Å². The molecule has 1 aromatic rings. The van der Waals surface area contributed by atoms with E-state index in [-0.39, 0.29) is 6.10 Å². The molecule has 1 N–H and O–H groups in total. The van der Waals surface area contributed by atoms with Crippen molar-refractivity contribution < 1.29 is 4.74 Å². The fourth-order valence-corrected chi connectivity index (χ4v) is 2.02. The highest BCUT2D eigenvalue weighted by atomic mass is 32.1. The van der Waals surface area contributed by atoms with Crippen molar-refractivity contribution in [3.63, 3.8) is 0 Å². The number of hydrogen-bond acceptors (Lipinski definition) is 5. The molecule has 0 bridgehead atoms. The summed E-state index contributed by atoms with van der Waals surface area (Å²) in [6, 6.07) is 0. The van der Waals surface area contributed by atoms with Crippen LogP contribution in [0, 0.1) is 0 Å². The Morgan fingerprint density at radius 1 is 1.58 bits per heavy atom. The summed E-state index contributed by atoms with van der Waals surface area (Å²) < 4.78 is 5.48. The monoisotopic (exact) mass is 185 g/mol. The zero-order valence-electron chi connectivity index (χ0n) is 6.91. The Hall–Kier alpha value is -0.680. The zero-order valence-corrected chi connectivity index (χ0v) is 7.73. The van der Waals surface area contributed by atoms with Gasteiger partial charge in [0.1, 0.15) is 11.1 Å². The van der Waals surface area contributed by atoms with Crippen LogP contribution in [-0.2, 0) is 4.74 Å². The highest BCUT2D eigenvalue weighted by Gasteiger charge is 2.21. The van der Waals surface area contributed by atoms with Crippen molar-refractivity contribution >= 4 is 16.5 Å². The minimum absolute atomic E-state index is 0.199. The third-order valence-electron chi connectivity index (χ3n) is 1.86. The van der Waals surface area contributed by atoms with E-state index < -0.39 is 0 Å². The van der Waals surface area contributed by atoms with E-state index >= 15 is 0 Å². The Morgan fingerprint density at radius 2 is 2.50 bits per heavy atom. The number of nitrogens with zero attached hydrogens (tertiary/aromatic N) is 2. The van der Waals surface area contributed by atoms with Gasteiger partial charge in [0, 0.05) is 13.7 Å². The minimum atomic E-state index is 0.199. The average Bonchev–Trinajstić information content (AvgIpc) is 2.75. The normalized spacial score (nSPS) is 22.9. The molecule has 5 heteroatoms. The van der Waals surface area contributed by atoms with Gasteiger partial charge in [0.25, 0.3) is 0 Å². The van der Waals surface area contributed by atoms with Gasteiger partial charge >= 0.3 is 0 Å². The molecular weight excluding hydrogens is 174 g/mol. The molecule has 4 nitrogen and oxygen atoms in total. The SMILES string of the molecule is CNc1nnc(C2CCCO2)s1. The van der Waals surface area contributed by atoms with E-state index in [1.807, 2.05) is 7.05 Å². The standard InChI is InChI=1S/C7H11N3OS/c1-8-7-10-9-6(12-7)5-3-2-4-11-5/h5H,2-4H2,1H3,(H,8,10).